The maximum atomic E-state index is 12.1. The Morgan fingerprint density at radius 2 is 1.95 bits per heavy atom. The number of hydrogen-bond donors (Lipinski definition) is 1. The van der Waals surface area contributed by atoms with Crippen molar-refractivity contribution in [3.05, 3.63) is 56.3 Å². The van der Waals surface area contributed by atoms with Crippen LogP contribution in [-0.4, -0.2) is 12.2 Å². The number of methoxy groups -OCH3 is 1. The molecule has 0 atom stereocenters. The molecule has 0 aliphatic carbocycles. The molecule has 0 aliphatic rings. The normalized spacial score (nSPS) is 10.8. The van der Waals surface area contributed by atoms with Crippen LogP contribution in [-0.2, 0) is 0 Å². The number of aromatic hydroxyl groups is 1. The van der Waals surface area contributed by atoms with Crippen LogP contribution in [0.5, 0.6) is 11.5 Å². The van der Waals surface area contributed by atoms with Crippen LogP contribution >= 0.6 is 22.6 Å². The third-order valence-electron chi connectivity index (χ3n) is 3.15. The van der Waals surface area contributed by atoms with E-state index in [1.54, 1.807) is 13.2 Å². The molecule has 4 nitrogen and oxygen atoms in total. The molecule has 0 saturated carbocycles. The molecule has 106 valence electrons. The zero-order chi connectivity index (χ0) is 15.0. The molecule has 5 heteroatoms. The summed E-state index contributed by atoms with van der Waals surface area (Å²) >= 11 is 2.16. The molecule has 0 radical (unpaired) electrons. The van der Waals surface area contributed by atoms with Gasteiger partial charge in [-0.05, 0) is 52.9 Å². The van der Waals surface area contributed by atoms with Crippen molar-refractivity contribution in [2.75, 3.05) is 7.11 Å². The third kappa shape index (κ3) is 2.61. The van der Waals surface area contributed by atoms with Crippen molar-refractivity contribution in [1.82, 2.24) is 0 Å². The second-order valence-electron chi connectivity index (χ2n) is 4.50. The Hall–Kier alpha value is -2.02. The van der Waals surface area contributed by atoms with Crippen LogP contribution in [0, 0.1) is 3.57 Å². The first kappa shape index (κ1) is 13.9. The van der Waals surface area contributed by atoms with Gasteiger partial charge in [-0.1, -0.05) is 0 Å². The van der Waals surface area contributed by atoms with E-state index in [0.717, 1.165) is 14.9 Å². The summed E-state index contributed by atoms with van der Waals surface area (Å²) in [6.07, 6.45) is 0. The SMILES string of the molecule is COc1ccc(-c2cc(=O)c3ccc(O)cc3o2)cc1I. The molecule has 0 spiro atoms. The smallest absolute Gasteiger partial charge is 0.193 e. The Morgan fingerprint density at radius 1 is 1.14 bits per heavy atom. The van der Waals surface area contributed by atoms with Gasteiger partial charge in [-0.2, -0.15) is 0 Å². The summed E-state index contributed by atoms with van der Waals surface area (Å²) in [4.78, 5) is 12.1. The summed E-state index contributed by atoms with van der Waals surface area (Å²) in [5, 5.41) is 9.96. The van der Waals surface area contributed by atoms with Crippen molar-refractivity contribution >= 4 is 33.6 Å². The first-order valence-electron chi connectivity index (χ1n) is 6.19. The minimum atomic E-state index is -0.142. The second-order valence-corrected chi connectivity index (χ2v) is 5.67. The molecule has 1 N–H and O–H groups in total. The van der Waals surface area contributed by atoms with Crippen molar-refractivity contribution in [2.45, 2.75) is 0 Å². The highest BCUT2D eigenvalue weighted by molar-refractivity contribution is 14.1. The number of phenols is 1. The molecule has 0 amide bonds. The van der Waals surface area contributed by atoms with Gasteiger partial charge in [-0.15, -0.1) is 0 Å². The van der Waals surface area contributed by atoms with Crippen LogP contribution in [0.3, 0.4) is 0 Å². The summed E-state index contributed by atoms with van der Waals surface area (Å²) < 4.78 is 11.9. The van der Waals surface area contributed by atoms with Crippen molar-refractivity contribution < 1.29 is 14.3 Å². The molecule has 1 heterocycles. The molecule has 0 bridgehead atoms. The Balaban J connectivity index is 2.21. The van der Waals surface area contributed by atoms with Gasteiger partial charge < -0.3 is 14.3 Å². The maximum absolute atomic E-state index is 12.1. The number of hydrogen-bond acceptors (Lipinski definition) is 4. The minimum absolute atomic E-state index is 0.0621. The predicted octanol–water partition coefficient (Wildman–Crippen LogP) is 3.78. The number of benzene rings is 2. The first-order valence-corrected chi connectivity index (χ1v) is 7.27. The van der Waals surface area contributed by atoms with E-state index >= 15 is 0 Å². The van der Waals surface area contributed by atoms with Crippen LogP contribution in [0.2, 0.25) is 0 Å². The molecule has 3 aromatic rings. The number of phenolic OH excluding ortho intramolecular Hbond substituents is 1. The van der Waals surface area contributed by atoms with Gasteiger partial charge in [-0.3, -0.25) is 4.79 Å². The molecule has 21 heavy (non-hydrogen) atoms. The number of fused-ring (bicyclic) bond motifs is 1. The topological polar surface area (TPSA) is 59.7 Å². The zero-order valence-electron chi connectivity index (χ0n) is 11.1. The Bertz CT molecular complexity index is 883. The van der Waals surface area contributed by atoms with Crippen LogP contribution < -0.4 is 10.2 Å². The van der Waals surface area contributed by atoms with E-state index in [4.69, 9.17) is 9.15 Å². The minimum Gasteiger partial charge on any atom is -0.508 e. The van der Waals surface area contributed by atoms with Crippen molar-refractivity contribution in [3.63, 3.8) is 0 Å². The number of halogens is 1. The summed E-state index contributed by atoms with van der Waals surface area (Å²) in [5.41, 5.74) is 1.00. The van der Waals surface area contributed by atoms with Gasteiger partial charge in [0.15, 0.2) is 5.43 Å². The Morgan fingerprint density at radius 3 is 2.67 bits per heavy atom. The molecule has 1 aromatic heterocycles. The summed E-state index contributed by atoms with van der Waals surface area (Å²) in [6.45, 7) is 0. The average molecular weight is 394 g/mol. The van der Waals surface area contributed by atoms with E-state index in [0.29, 0.717) is 16.7 Å². The largest absolute Gasteiger partial charge is 0.508 e. The zero-order valence-corrected chi connectivity index (χ0v) is 13.2. The number of ether oxygens (including phenoxy) is 1. The molecule has 3 rings (SSSR count). The van der Waals surface area contributed by atoms with Gasteiger partial charge >= 0.3 is 0 Å². The third-order valence-corrected chi connectivity index (χ3v) is 3.99. The quantitative estimate of drug-likeness (QED) is 0.673. The Labute approximate surface area is 134 Å². The Kier molecular flexibility index (Phi) is 3.59. The van der Waals surface area contributed by atoms with Crippen LogP contribution in [0.15, 0.2) is 51.7 Å². The molecule has 0 aliphatic heterocycles. The van der Waals surface area contributed by atoms with Crippen LogP contribution in [0.25, 0.3) is 22.3 Å². The lowest BCUT2D eigenvalue weighted by Crippen LogP contribution is -2.00. The summed E-state index contributed by atoms with van der Waals surface area (Å²) in [7, 11) is 1.61. The van der Waals surface area contributed by atoms with Gasteiger partial charge in [0.1, 0.15) is 22.8 Å². The lowest BCUT2D eigenvalue weighted by Gasteiger charge is -2.07. The van der Waals surface area contributed by atoms with E-state index in [1.807, 2.05) is 18.2 Å². The second kappa shape index (κ2) is 5.40. The fourth-order valence-electron chi connectivity index (χ4n) is 2.11. The molecule has 2 aromatic carbocycles. The first-order chi connectivity index (χ1) is 10.1. The van der Waals surface area contributed by atoms with E-state index < -0.39 is 0 Å². The molecular weight excluding hydrogens is 383 g/mol. The average Bonchev–Trinajstić information content (AvgIpc) is 2.46. The van der Waals surface area contributed by atoms with E-state index in [1.165, 1.54) is 18.2 Å². The highest BCUT2D eigenvalue weighted by Crippen LogP contribution is 2.29. The number of rotatable bonds is 2. The summed E-state index contributed by atoms with van der Waals surface area (Å²) in [6, 6.07) is 11.4. The monoisotopic (exact) mass is 394 g/mol. The highest BCUT2D eigenvalue weighted by atomic mass is 127. The van der Waals surface area contributed by atoms with Crippen LogP contribution in [0.1, 0.15) is 0 Å². The maximum Gasteiger partial charge on any atom is 0.193 e. The lowest BCUT2D eigenvalue weighted by atomic mass is 10.1. The van der Waals surface area contributed by atoms with E-state index in [-0.39, 0.29) is 11.2 Å². The van der Waals surface area contributed by atoms with Crippen molar-refractivity contribution in [2.24, 2.45) is 0 Å². The molecule has 0 saturated heterocycles. The van der Waals surface area contributed by atoms with Crippen LogP contribution in [0.4, 0.5) is 0 Å². The van der Waals surface area contributed by atoms with Gasteiger partial charge in [0.25, 0.3) is 0 Å². The van der Waals surface area contributed by atoms with Crippen molar-refractivity contribution in [1.29, 1.82) is 0 Å². The summed E-state index contributed by atoms with van der Waals surface area (Å²) in [5.74, 6) is 1.28. The molecule has 0 fully saturated rings. The lowest BCUT2D eigenvalue weighted by molar-refractivity contribution is 0.412. The molecule has 0 unspecified atom stereocenters. The van der Waals surface area contributed by atoms with Gasteiger partial charge in [-0.25, -0.2) is 0 Å². The van der Waals surface area contributed by atoms with Crippen molar-refractivity contribution in [3.8, 4) is 22.8 Å². The highest BCUT2D eigenvalue weighted by Gasteiger charge is 2.09. The van der Waals surface area contributed by atoms with Gasteiger partial charge in [0.05, 0.1) is 16.1 Å². The van der Waals surface area contributed by atoms with E-state index in [2.05, 4.69) is 22.6 Å². The van der Waals surface area contributed by atoms with Gasteiger partial charge in [0, 0.05) is 17.7 Å². The predicted molar refractivity (Wildman–Crippen MR) is 88.9 cm³/mol. The fourth-order valence-corrected chi connectivity index (χ4v) is 2.84. The van der Waals surface area contributed by atoms with Gasteiger partial charge in [0.2, 0.25) is 0 Å². The molecular formula is C16H11IO4. The van der Waals surface area contributed by atoms with E-state index in [9.17, 15) is 9.90 Å². The fraction of sp³-hybridized carbons (Fsp3) is 0.0625. The standard InChI is InChI=1S/C16H11IO4/c1-20-14-5-2-9(6-12(14)17)15-8-13(19)11-4-3-10(18)7-16(11)21-15/h2-8,18H,1H3.